The fourth-order valence-electron chi connectivity index (χ4n) is 7.48. The summed E-state index contributed by atoms with van der Waals surface area (Å²) in [7, 11) is 2.04. The number of fused-ring (bicyclic) bond motifs is 5. The number of hydrogen-bond donors (Lipinski definition) is 1. The van der Waals surface area contributed by atoms with Crippen molar-refractivity contribution in [3.63, 3.8) is 0 Å². The second-order valence-electron chi connectivity index (χ2n) is 14.0. The smallest absolute Gasteiger partial charge is 0.142 e. The van der Waals surface area contributed by atoms with Gasteiger partial charge in [0.25, 0.3) is 0 Å². The number of benzene rings is 2. The molecule has 0 saturated heterocycles. The van der Waals surface area contributed by atoms with Crippen LogP contribution < -0.4 is 9.80 Å². The molecule has 0 atom stereocenters. The highest BCUT2D eigenvalue weighted by Crippen LogP contribution is 2.35. The number of halogens is 1. The van der Waals surface area contributed by atoms with Crippen LogP contribution in [0, 0.1) is 12.7 Å². The van der Waals surface area contributed by atoms with Gasteiger partial charge >= 0.3 is 0 Å². The van der Waals surface area contributed by atoms with E-state index >= 15 is 0 Å². The Morgan fingerprint density at radius 3 is 2.03 bits per heavy atom. The van der Waals surface area contributed by atoms with E-state index in [1.807, 2.05) is 87.9 Å². The minimum atomic E-state index is -0.211. The molecule has 9 nitrogen and oxygen atoms in total. The second-order valence-corrected chi connectivity index (χ2v) is 14.0. The molecule has 1 aliphatic rings. The van der Waals surface area contributed by atoms with Gasteiger partial charge in [0.2, 0.25) is 0 Å². The van der Waals surface area contributed by atoms with Gasteiger partial charge in [0.15, 0.2) is 0 Å². The number of pyridine rings is 6. The molecule has 290 valence electrons. The van der Waals surface area contributed by atoms with Crippen LogP contribution in [0.2, 0.25) is 0 Å². The molecule has 10 rings (SSSR count). The van der Waals surface area contributed by atoms with Crippen LogP contribution in [0.1, 0.15) is 38.5 Å². The lowest BCUT2D eigenvalue weighted by molar-refractivity contribution is 0.629. The van der Waals surface area contributed by atoms with E-state index in [9.17, 15) is 4.39 Å². The van der Waals surface area contributed by atoms with E-state index < -0.39 is 0 Å². The van der Waals surface area contributed by atoms with Gasteiger partial charge < -0.3 is 14.8 Å². The van der Waals surface area contributed by atoms with Gasteiger partial charge in [-0.2, -0.15) is 0 Å². The van der Waals surface area contributed by atoms with E-state index in [1.54, 1.807) is 30.9 Å². The average Bonchev–Trinajstić information content (AvgIpc) is 3.47. The molecule has 2 aromatic carbocycles. The molecule has 0 unspecified atom stereocenters. The van der Waals surface area contributed by atoms with Crippen LogP contribution in [0.4, 0.5) is 21.7 Å². The summed E-state index contributed by atoms with van der Waals surface area (Å²) in [4.78, 5) is 35.3. The summed E-state index contributed by atoms with van der Waals surface area (Å²) >= 11 is 0. The SMILES string of the molecule is CC.Cc1cccc(N(C)c2nc(-c3ccncc3)cc3ncccc23)c1.Fc1ccc2[nH]c3c(c2c1)CN(c1nc(-c2ccncc2)cc2ncccc12)CCC3.[HH]. The summed E-state index contributed by atoms with van der Waals surface area (Å²) in [6.07, 6.45) is 12.7. The minimum absolute atomic E-state index is 0. The molecule has 10 heteroatoms. The van der Waals surface area contributed by atoms with E-state index in [0.717, 1.165) is 97.5 Å². The van der Waals surface area contributed by atoms with Crippen molar-refractivity contribution in [1.82, 2.24) is 34.9 Å². The topological polar surface area (TPSA) is 99.6 Å². The van der Waals surface area contributed by atoms with Crippen molar-refractivity contribution in [2.75, 3.05) is 23.4 Å². The van der Waals surface area contributed by atoms with Gasteiger partial charge in [-0.15, -0.1) is 0 Å². The van der Waals surface area contributed by atoms with Crippen LogP contribution in [-0.2, 0) is 13.0 Å². The molecule has 58 heavy (non-hydrogen) atoms. The Labute approximate surface area is 338 Å². The van der Waals surface area contributed by atoms with Gasteiger partial charge in [-0.25, -0.2) is 14.4 Å². The third kappa shape index (κ3) is 7.82. The normalized spacial score (nSPS) is 12.3. The van der Waals surface area contributed by atoms with E-state index in [2.05, 4.69) is 78.0 Å². The first-order valence-corrected chi connectivity index (χ1v) is 19.7. The maximum absolute atomic E-state index is 14.0. The molecule has 0 saturated carbocycles. The number of H-pyrrole nitrogens is 1. The number of aromatic nitrogens is 7. The first-order chi connectivity index (χ1) is 28.5. The number of aromatic amines is 1. The first-order valence-electron chi connectivity index (χ1n) is 19.7. The maximum Gasteiger partial charge on any atom is 0.142 e. The Balaban J connectivity index is 0.000000173. The quantitative estimate of drug-likeness (QED) is 0.185. The summed E-state index contributed by atoms with van der Waals surface area (Å²) in [6, 6.07) is 33.3. The Morgan fingerprint density at radius 1 is 0.690 bits per heavy atom. The lowest BCUT2D eigenvalue weighted by Crippen LogP contribution is -2.24. The van der Waals surface area contributed by atoms with Crippen molar-refractivity contribution in [3.8, 4) is 22.5 Å². The Bertz CT molecular complexity index is 2830. The monoisotopic (exact) mass is 767 g/mol. The molecule has 9 aromatic rings. The fraction of sp³-hybridized carbons (Fsp3) is 0.167. The van der Waals surface area contributed by atoms with Gasteiger partial charge in [0.05, 0.1) is 22.4 Å². The Hall–Kier alpha value is -7.07. The Morgan fingerprint density at radius 2 is 1.34 bits per heavy atom. The van der Waals surface area contributed by atoms with Gasteiger partial charge in [-0.3, -0.25) is 19.9 Å². The highest BCUT2D eigenvalue weighted by molar-refractivity contribution is 5.95. The highest BCUT2D eigenvalue weighted by Gasteiger charge is 2.23. The van der Waals surface area contributed by atoms with Gasteiger partial charge in [0, 0.05) is 108 Å². The van der Waals surface area contributed by atoms with Crippen LogP contribution in [0.15, 0.2) is 140 Å². The summed E-state index contributed by atoms with van der Waals surface area (Å²) in [5, 5.41) is 3.01. The van der Waals surface area contributed by atoms with Gasteiger partial charge in [-0.05, 0) is 116 Å². The lowest BCUT2D eigenvalue weighted by Gasteiger charge is -2.24. The number of nitrogens with one attached hydrogen (secondary N) is 1. The number of aryl methyl sites for hydroxylation is 2. The van der Waals surface area contributed by atoms with E-state index in [-0.39, 0.29) is 7.24 Å². The van der Waals surface area contributed by atoms with Crippen molar-refractivity contribution in [3.05, 3.63) is 163 Å². The third-order valence-corrected chi connectivity index (χ3v) is 10.3. The van der Waals surface area contributed by atoms with Crippen molar-refractivity contribution in [2.45, 2.75) is 40.2 Å². The summed E-state index contributed by atoms with van der Waals surface area (Å²) < 4.78 is 14.0. The zero-order chi connectivity index (χ0) is 40.0. The zero-order valence-electron chi connectivity index (χ0n) is 33.1. The molecule has 0 aliphatic carbocycles. The molecule has 1 N–H and O–H groups in total. The molecule has 1 aliphatic heterocycles. The van der Waals surface area contributed by atoms with Crippen molar-refractivity contribution in [2.24, 2.45) is 0 Å². The number of hydrogen-bond acceptors (Lipinski definition) is 8. The van der Waals surface area contributed by atoms with Gasteiger partial charge in [-0.1, -0.05) is 26.0 Å². The highest BCUT2D eigenvalue weighted by atomic mass is 19.1. The maximum atomic E-state index is 14.0. The lowest BCUT2D eigenvalue weighted by atomic mass is 10.1. The molecular weight excluding hydrogens is 722 g/mol. The van der Waals surface area contributed by atoms with Gasteiger partial charge in [0.1, 0.15) is 17.5 Å². The number of anilines is 3. The second kappa shape index (κ2) is 17.0. The molecule has 7 aromatic heterocycles. The van der Waals surface area contributed by atoms with Crippen LogP contribution in [0.3, 0.4) is 0 Å². The van der Waals surface area contributed by atoms with Crippen molar-refractivity contribution < 1.29 is 5.82 Å². The molecule has 0 radical (unpaired) electrons. The van der Waals surface area contributed by atoms with E-state index in [4.69, 9.17) is 9.97 Å². The Kier molecular flexibility index (Phi) is 11.1. The number of nitrogens with zero attached hydrogens (tertiary/aromatic N) is 8. The standard InChI is InChI=1S/C25H20FN5.C21H18N4.C2H6.H2/c26-17-5-6-22-19(13-17)20-15-31(12-2-4-21(20)29-22)25-18-3-1-9-28-24(18)14-23(30-25)16-7-10-27-11-8-16;1-15-5-3-6-17(13-15)25(2)21-18-7-4-10-23-20(18)14-19(24-21)16-8-11-22-12-9-16;1-2;/h1,3,5-11,13-14,29H,2,4,12,15H2;3-14H,1-2H3;1-2H3;1H. The van der Waals surface area contributed by atoms with Crippen LogP contribution in [0.25, 0.3) is 55.2 Å². The van der Waals surface area contributed by atoms with E-state index in [0.29, 0.717) is 6.54 Å². The molecule has 0 spiro atoms. The largest absolute Gasteiger partial charge is 0.358 e. The molecule has 0 amide bonds. The summed E-state index contributed by atoms with van der Waals surface area (Å²) in [6.45, 7) is 7.64. The molecule has 8 heterocycles. The van der Waals surface area contributed by atoms with Crippen molar-refractivity contribution in [1.29, 1.82) is 0 Å². The van der Waals surface area contributed by atoms with Crippen molar-refractivity contribution >= 4 is 50.0 Å². The summed E-state index contributed by atoms with van der Waals surface area (Å²) in [5.41, 5.74) is 11.3. The minimum Gasteiger partial charge on any atom is -0.358 e. The fourth-order valence-corrected chi connectivity index (χ4v) is 7.48. The average molecular weight is 768 g/mol. The summed E-state index contributed by atoms with van der Waals surface area (Å²) in [5.74, 6) is 1.59. The first kappa shape index (κ1) is 37.8. The zero-order valence-corrected chi connectivity index (χ0v) is 33.1. The molecular formula is C48H46FN9. The van der Waals surface area contributed by atoms with E-state index in [1.165, 1.54) is 17.3 Å². The van der Waals surface area contributed by atoms with Crippen LogP contribution in [0.5, 0.6) is 0 Å². The third-order valence-electron chi connectivity index (χ3n) is 10.3. The van der Waals surface area contributed by atoms with Crippen LogP contribution in [-0.4, -0.2) is 48.5 Å². The molecule has 0 bridgehead atoms. The number of rotatable bonds is 5. The predicted molar refractivity (Wildman–Crippen MR) is 236 cm³/mol. The van der Waals surface area contributed by atoms with Crippen LogP contribution >= 0.6 is 0 Å². The predicted octanol–water partition coefficient (Wildman–Crippen LogP) is 11.3. The molecule has 0 fully saturated rings.